The Morgan fingerprint density at radius 3 is 1.33 bits per heavy atom. The number of benzene rings is 2. The molecule has 0 amide bonds. The summed E-state index contributed by atoms with van der Waals surface area (Å²) < 4.78 is 89.1. The van der Waals surface area contributed by atoms with E-state index < -0.39 is 44.4 Å². The summed E-state index contributed by atoms with van der Waals surface area (Å²) >= 11 is 0. The molecule has 0 heterocycles. The van der Waals surface area contributed by atoms with Crippen LogP contribution in [-0.2, 0) is 46.3 Å². The van der Waals surface area contributed by atoms with Crippen LogP contribution >= 0.6 is 26.2 Å². The van der Waals surface area contributed by atoms with Gasteiger partial charge in [-0.2, -0.15) is 0 Å². The van der Waals surface area contributed by atoms with Crippen molar-refractivity contribution in [2.24, 2.45) is 5.50 Å². The lowest BCUT2D eigenvalue weighted by atomic mass is 10.3. The normalized spacial score (nSPS) is 11.9. The van der Waals surface area contributed by atoms with Crippen molar-refractivity contribution in [1.29, 1.82) is 0 Å². The highest BCUT2D eigenvalue weighted by molar-refractivity contribution is 8.13. The molecule has 244 valence electrons. The van der Waals surface area contributed by atoms with Crippen LogP contribution < -0.4 is 10.00 Å². The van der Waals surface area contributed by atoms with Crippen LogP contribution in [0.15, 0.2) is 58.3 Å². The molecule has 2 rings (SSSR count). The first kappa shape index (κ1) is 40.6. The Morgan fingerprint density at radius 1 is 0.721 bits per heavy atom. The van der Waals surface area contributed by atoms with E-state index in [9.17, 15) is 46.2 Å². The molecule has 0 saturated heterocycles. The maximum Gasteiger partial charge on any atom is 0.419 e. The molecular weight excluding hydrogens is 682 g/mol. The van der Waals surface area contributed by atoms with Crippen LogP contribution in [0.1, 0.15) is 27.7 Å². The van der Waals surface area contributed by atoms with E-state index in [4.69, 9.17) is 25.2 Å². The number of nitro groups is 2. The van der Waals surface area contributed by atoms with E-state index in [1.807, 2.05) is 4.49 Å². The van der Waals surface area contributed by atoms with Gasteiger partial charge in [-0.3, -0.25) is 38.3 Å². The summed E-state index contributed by atoms with van der Waals surface area (Å²) in [4.78, 5) is 19.0. The Bertz CT molecular complexity index is 1490. The van der Waals surface area contributed by atoms with Crippen molar-refractivity contribution in [2.45, 2.75) is 37.5 Å². The monoisotopic (exact) mass is 712 g/mol. The molecule has 2 aromatic rings. The number of halogens is 1. The molecule has 23 heteroatoms. The molecule has 0 aromatic heterocycles. The molecule has 18 nitrogen and oxygen atoms in total. The summed E-state index contributed by atoms with van der Waals surface area (Å²) in [5.41, 5.74) is 4.61. The quantitative estimate of drug-likeness (QED) is 0.116. The average Bonchev–Trinajstić information content (AvgIpc) is 2.89. The molecule has 2 aromatic carbocycles. The fourth-order valence-corrected chi connectivity index (χ4v) is 7.34. The number of rotatable bonds is 14. The third-order valence-corrected chi connectivity index (χ3v) is 10.7. The summed E-state index contributed by atoms with van der Waals surface area (Å²) in [6.07, 6.45) is 0. The van der Waals surface area contributed by atoms with Crippen molar-refractivity contribution in [1.82, 2.24) is 4.49 Å². The largest absolute Gasteiger partial charge is 0.419 e. The Hall–Kier alpha value is -2.35. The van der Waals surface area contributed by atoms with E-state index in [0.717, 1.165) is 48.5 Å². The molecule has 43 heavy (non-hydrogen) atoms. The zero-order valence-corrected chi connectivity index (χ0v) is 27.4. The van der Waals surface area contributed by atoms with E-state index in [-0.39, 0.29) is 34.4 Å². The van der Waals surface area contributed by atoms with Crippen molar-refractivity contribution in [3.05, 3.63) is 68.8 Å². The number of non-ortho nitro benzene ring substituents is 2. The van der Waals surface area contributed by atoms with Crippen LogP contribution in [0, 0.1) is 20.2 Å². The minimum absolute atomic E-state index is 0.0138. The van der Waals surface area contributed by atoms with Gasteiger partial charge in [0.25, 0.3) is 20.4 Å². The molecule has 0 aliphatic carbocycles. The summed E-state index contributed by atoms with van der Waals surface area (Å²) in [5, 5.41) is 20.7. The van der Waals surface area contributed by atoms with E-state index in [1.54, 1.807) is 13.8 Å². The zero-order chi connectivity index (χ0) is 33.5. The second-order valence-corrected chi connectivity index (χ2v) is 15.1. The lowest BCUT2D eigenvalue weighted by Gasteiger charge is -2.17. The molecule has 0 aliphatic heterocycles. The van der Waals surface area contributed by atoms with E-state index in [0.29, 0.717) is 13.2 Å². The van der Waals surface area contributed by atoms with Crippen LogP contribution in [-0.4, -0.2) is 53.1 Å². The smallest absolute Gasteiger partial charge is 0.297 e. The third-order valence-electron chi connectivity index (χ3n) is 4.14. The number of hydrogen-bond donors (Lipinski definition) is 2. The van der Waals surface area contributed by atoms with Crippen LogP contribution in [0.5, 0.6) is 0 Å². The summed E-state index contributed by atoms with van der Waals surface area (Å²) in [6.45, 7) is 7.08. The summed E-state index contributed by atoms with van der Waals surface area (Å²) in [6, 6.07) is 8.44. The van der Waals surface area contributed by atoms with Gasteiger partial charge < -0.3 is 0 Å². The number of nitrogens with two attached hydrogens (primary N) is 1. The molecule has 0 unspecified atom stereocenters. The molecule has 3 N–H and O–H groups in total. The number of hydrogen-bond acceptors (Lipinski definition) is 14. The standard InChI is InChI=1S/C10H15N2O7PS.C6H4ClNO4S.C4H12NO3P/c1-3-18-20(15,19-4-2)11-21(16,17)10-7-5-9(6-8-10)12(13)14;7-13(11,12)6-3-1-5(2-4-6)8(9)10;1-3-7-9(5,6)8-4-2/h5-8H,3-4H2,1-2H3,(H,11,15);1-4H;3-4H2,1-2H3,(H2,5,6). The van der Waals surface area contributed by atoms with Crippen molar-refractivity contribution < 1.29 is 53.9 Å². The molecular formula is C20H31ClN4O14P2S2. The van der Waals surface area contributed by atoms with Crippen LogP contribution in [0.25, 0.3) is 0 Å². The fraction of sp³-hybridized carbons (Fsp3) is 0.400. The first-order valence-electron chi connectivity index (χ1n) is 11.8. The molecule has 0 aliphatic rings. The zero-order valence-electron chi connectivity index (χ0n) is 23.2. The minimum atomic E-state index is -4.19. The van der Waals surface area contributed by atoms with E-state index in [2.05, 4.69) is 9.05 Å². The molecule has 0 saturated carbocycles. The second-order valence-electron chi connectivity index (χ2n) is 7.24. The van der Waals surface area contributed by atoms with Crippen LogP contribution in [0.2, 0.25) is 0 Å². The summed E-state index contributed by atoms with van der Waals surface area (Å²) in [5.74, 6) is 0. The van der Waals surface area contributed by atoms with Crippen molar-refractivity contribution >= 4 is 56.6 Å². The number of sulfonamides is 1. The topological polar surface area (TPSA) is 264 Å². The number of nitro benzene ring substituents is 2. The second kappa shape index (κ2) is 18.5. The maximum atomic E-state index is 12.1. The first-order chi connectivity index (χ1) is 19.8. The van der Waals surface area contributed by atoms with Crippen LogP contribution in [0.3, 0.4) is 0 Å². The van der Waals surface area contributed by atoms with E-state index >= 15 is 0 Å². The van der Waals surface area contributed by atoms with Gasteiger partial charge in [-0.15, -0.1) is 4.49 Å². The summed E-state index contributed by atoms with van der Waals surface area (Å²) in [7, 11) is -10.2. The van der Waals surface area contributed by atoms with Crippen molar-refractivity contribution in [3.63, 3.8) is 0 Å². The number of nitrogens with one attached hydrogen (secondary N) is 1. The van der Waals surface area contributed by atoms with E-state index in [1.165, 1.54) is 13.8 Å². The maximum absolute atomic E-state index is 12.1. The molecule has 0 atom stereocenters. The van der Waals surface area contributed by atoms with Crippen molar-refractivity contribution in [3.8, 4) is 0 Å². The molecule has 0 fully saturated rings. The van der Waals surface area contributed by atoms with Gasteiger partial charge in [-0.25, -0.2) is 31.5 Å². The van der Waals surface area contributed by atoms with Gasteiger partial charge in [-0.05, 0) is 52.0 Å². The first-order valence-corrected chi connectivity index (χ1v) is 18.8. The predicted octanol–water partition coefficient (Wildman–Crippen LogP) is 4.70. The van der Waals surface area contributed by atoms with Gasteiger partial charge in [0.15, 0.2) is 0 Å². The van der Waals surface area contributed by atoms with Gasteiger partial charge in [0.2, 0.25) is 10.0 Å². The lowest BCUT2D eigenvalue weighted by Crippen LogP contribution is -2.23. The minimum Gasteiger partial charge on any atom is -0.297 e. The highest BCUT2D eigenvalue weighted by Crippen LogP contribution is 2.45. The number of nitrogens with zero attached hydrogens (tertiary/aromatic N) is 2. The Labute approximate surface area is 252 Å². The SMILES string of the molecule is CCOP(=O)(NS(=O)(=O)c1ccc([N+](=O)[O-])cc1)OCC.CCOP(N)(=O)OCC.O=[N+]([O-])c1ccc(S(=O)(=O)Cl)cc1. The molecule has 0 bridgehead atoms. The third kappa shape index (κ3) is 15.8. The van der Waals surface area contributed by atoms with Crippen LogP contribution in [0.4, 0.5) is 11.4 Å². The lowest BCUT2D eigenvalue weighted by molar-refractivity contribution is -0.385. The average molecular weight is 713 g/mol. The Kier molecular flexibility index (Phi) is 17.4. The van der Waals surface area contributed by atoms with Gasteiger partial charge in [0.1, 0.15) is 0 Å². The van der Waals surface area contributed by atoms with Gasteiger partial charge in [0.05, 0.1) is 46.1 Å². The van der Waals surface area contributed by atoms with Gasteiger partial charge in [0, 0.05) is 34.9 Å². The highest BCUT2D eigenvalue weighted by Gasteiger charge is 2.31. The highest BCUT2D eigenvalue weighted by atomic mass is 35.7. The Morgan fingerprint density at radius 2 is 1.05 bits per heavy atom. The van der Waals surface area contributed by atoms with Crippen molar-refractivity contribution in [2.75, 3.05) is 26.4 Å². The molecule has 0 spiro atoms. The van der Waals surface area contributed by atoms with Gasteiger partial charge in [-0.1, -0.05) is 0 Å². The Balaban J connectivity index is 0.000000682. The fourth-order valence-electron chi connectivity index (χ4n) is 2.50. The molecule has 0 radical (unpaired) electrons. The predicted molar refractivity (Wildman–Crippen MR) is 155 cm³/mol. The van der Waals surface area contributed by atoms with Gasteiger partial charge >= 0.3 is 15.5 Å².